The number of thioether (sulfide) groups is 1. The summed E-state index contributed by atoms with van der Waals surface area (Å²) in [6.45, 7) is 6.53. The number of hydrogen-bond donors (Lipinski definition) is 1. The van der Waals surface area contributed by atoms with Crippen molar-refractivity contribution in [2.24, 2.45) is 0 Å². The van der Waals surface area contributed by atoms with E-state index in [-0.39, 0.29) is 29.6 Å². The topological polar surface area (TPSA) is 90.3 Å². The maximum atomic E-state index is 13.8. The van der Waals surface area contributed by atoms with Crippen LogP contribution in [0.25, 0.3) is 15.9 Å². The van der Waals surface area contributed by atoms with Crippen LogP contribution in [0, 0.1) is 13.8 Å². The average Bonchev–Trinajstić information content (AvgIpc) is 3.37. The molecule has 4 rings (SSSR count). The molecule has 0 spiro atoms. The number of nitrogens with zero attached hydrogens (tertiary/aromatic N) is 2. The Morgan fingerprint density at radius 2 is 2.09 bits per heavy atom. The Morgan fingerprint density at radius 1 is 1.26 bits per heavy atom. The van der Waals surface area contributed by atoms with Crippen molar-refractivity contribution >= 4 is 45.2 Å². The summed E-state index contributed by atoms with van der Waals surface area (Å²) in [6.07, 6.45) is 3.78. The van der Waals surface area contributed by atoms with Crippen LogP contribution in [0.2, 0.25) is 0 Å². The first-order chi connectivity index (χ1) is 16.4. The fourth-order valence-corrected chi connectivity index (χ4v) is 6.40. The van der Waals surface area contributed by atoms with Crippen LogP contribution in [0.4, 0.5) is 0 Å². The van der Waals surface area contributed by atoms with Crippen molar-refractivity contribution in [1.82, 2.24) is 14.9 Å². The van der Waals surface area contributed by atoms with Crippen molar-refractivity contribution in [2.45, 2.75) is 58.0 Å². The van der Waals surface area contributed by atoms with E-state index in [4.69, 9.17) is 9.72 Å². The predicted octanol–water partition coefficient (Wildman–Crippen LogP) is 4.10. The highest BCUT2D eigenvalue weighted by atomic mass is 32.2. The van der Waals surface area contributed by atoms with E-state index in [9.17, 15) is 14.4 Å². The van der Waals surface area contributed by atoms with Gasteiger partial charge in [-0.1, -0.05) is 29.5 Å². The molecule has 9 heteroatoms. The zero-order chi connectivity index (χ0) is 24.2. The molecule has 180 valence electrons. The fourth-order valence-electron chi connectivity index (χ4n) is 4.27. The molecule has 0 atom stereocenters. The summed E-state index contributed by atoms with van der Waals surface area (Å²) in [5.74, 6) is -0.291. The number of rotatable bonds is 9. The summed E-state index contributed by atoms with van der Waals surface area (Å²) in [6, 6.07) is 5.99. The van der Waals surface area contributed by atoms with Crippen LogP contribution in [0.1, 0.15) is 47.8 Å². The lowest BCUT2D eigenvalue weighted by molar-refractivity contribution is -0.143. The van der Waals surface area contributed by atoms with Crippen LogP contribution >= 0.6 is 23.1 Å². The smallest absolute Gasteiger partial charge is 0.305 e. The first kappa shape index (κ1) is 24.5. The minimum absolute atomic E-state index is 0.0614. The number of carbonyl (C=O) groups is 2. The van der Waals surface area contributed by atoms with Crippen molar-refractivity contribution in [2.75, 3.05) is 18.9 Å². The Bertz CT molecular complexity index is 1300. The number of esters is 1. The third kappa shape index (κ3) is 5.20. The molecule has 7 nitrogen and oxygen atoms in total. The van der Waals surface area contributed by atoms with Gasteiger partial charge in [-0.2, -0.15) is 0 Å². The minimum Gasteiger partial charge on any atom is -0.466 e. The van der Waals surface area contributed by atoms with Gasteiger partial charge in [0, 0.05) is 17.8 Å². The number of aromatic nitrogens is 2. The highest BCUT2D eigenvalue weighted by Crippen LogP contribution is 2.36. The number of carbonyl (C=O) groups excluding carboxylic acids is 2. The van der Waals surface area contributed by atoms with Gasteiger partial charge in [0.1, 0.15) is 4.83 Å². The van der Waals surface area contributed by atoms with E-state index in [2.05, 4.69) is 11.4 Å². The van der Waals surface area contributed by atoms with E-state index in [0.29, 0.717) is 24.7 Å². The lowest BCUT2D eigenvalue weighted by atomic mass is 10.1. The molecule has 0 saturated carbocycles. The van der Waals surface area contributed by atoms with Crippen molar-refractivity contribution in [3.8, 4) is 5.69 Å². The first-order valence-corrected chi connectivity index (χ1v) is 13.4. The number of aryl methyl sites for hydroxylation is 4. The highest BCUT2D eigenvalue weighted by molar-refractivity contribution is 7.99. The molecule has 0 fully saturated rings. The number of fused-ring (bicyclic) bond motifs is 3. The molecule has 0 aliphatic heterocycles. The Balaban J connectivity index is 1.57. The average molecular weight is 500 g/mol. The summed E-state index contributed by atoms with van der Waals surface area (Å²) >= 11 is 2.86. The lowest BCUT2D eigenvalue weighted by Crippen LogP contribution is -2.28. The number of amides is 1. The molecule has 1 aliphatic rings. The molecule has 2 aromatic heterocycles. The molecule has 1 aromatic carbocycles. The number of benzene rings is 1. The number of hydrogen-bond acceptors (Lipinski definition) is 7. The van der Waals surface area contributed by atoms with E-state index >= 15 is 0 Å². The second-order valence-corrected chi connectivity index (χ2v) is 10.4. The third-order valence-electron chi connectivity index (χ3n) is 5.82. The molecule has 3 aromatic rings. The summed E-state index contributed by atoms with van der Waals surface area (Å²) in [5.41, 5.74) is 3.98. The van der Waals surface area contributed by atoms with E-state index in [0.717, 1.165) is 51.9 Å². The largest absolute Gasteiger partial charge is 0.466 e. The van der Waals surface area contributed by atoms with Crippen LogP contribution in [-0.2, 0) is 27.2 Å². The fraction of sp³-hybridized carbons (Fsp3) is 0.440. The summed E-state index contributed by atoms with van der Waals surface area (Å²) in [4.78, 5) is 44.5. The number of thiophene rings is 1. The van der Waals surface area contributed by atoms with Crippen molar-refractivity contribution in [3.63, 3.8) is 0 Å². The molecule has 0 saturated heterocycles. The van der Waals surface area contributed by atoms with Gasteiger partial charge in [0.25, 0.3) is 5.56 Å². The Labute approximate surface area is 206 Å². The molecule has 1 N–H and O–H groups in total. The van der Waals surface area contributed by atoms with Crippen LogP contribution in [0.5, 0.6) is 0 Å². The normalized spacial score (nSPS) is 12.7. The van der Waals surface area contributed by atoms with Gasteiger partial charge in [0.15, 0.2) is 5.16 Å². The molecular weight excluding hydrogens is 470 g/mol. The van der Waals surface area contributed by atoms with E-state index in [1.165, 1.54) is 16.6 Å². The van der Waals surface area contributed by atoms with Gasteiger partial charge in [-0.3, -0.25) is 19.0 Å². The molecule has 0 radical (unpaired) electrons. The standard InChI is InChI=1S/C25H29N3O4S2/c1-4-32-21(30)9-6-12-26-20(29)14-33-25-27-23-22(17-7-5-8-19(17)34-23)24(31)28(25)18-11-10-15(2)13-16(18)3/h10-11,13H,4-9,12,14H2,1-3H3,(H,26,29). The minimum atomic E-state index is -0.260. The number of nitrogens with one attached hydrogen (secondary N) is 1. The second kappa shape index (κ2) is 10.7. The summed E-state index contributed by atoms with van der Waals surface area (Å²) in [7, 11) is 0. The zero-order valence-corrected chi connectivity index (χ0v) is 21.4. The highest BCUT2D eigenvalue weighted by Gasteiger charge is 2.24. The van der Waals surface area contributed by atoms with Crippen molar-refractivity contribution in [3.05, 3.63) is 50.1 Å². The van der Waals surface area contributed by atoms with Gasteiger partial charge < -0.3 is 10.1 Å². The maximum Gasteiger partial charge on any atom is 0.305 e. The van der Waals surface area contributed by atoms with Gasteiger partial charge in [-0.05, 0) is 63.6 Å². The van der Waals surface area contributed by atoms with Gasteiger partial charge >= 0.3 is 5.97 Å². The van der Waals surface area contributed by atoms with Crippen molar-refractivity contribution in [1.29, 1.82) is 0 Å². The molecule has 0 unspecified atom stereocenters. The number of ether oxygens (including phenoxy) is 1. The Hall–Kier alpha value is -2.65. The van der Waals surface area contributed by atoms with Gasteiger partial charge in [-0.25, -0.2) is 4.98 Å². The first-order valence-electron chi connectivity index (χ1n) is 11.6. The Morgan fingerprint density at radius 3 is 2.85 bits per heavy atom. The summed E-state index contributed by atoms with van der Waals surface area (Å²) < 4.78 is 6.57. The van der Waals surface area contributed by atoms with Crippen LogP contribution in [0.3, 0.4) is 0 Å². The van der Waals surface area contributed by atoms with Crippen LogP contribution in [-0.4, -0.2) is 40.3 Å². The third-order valence-corrected chi connectivity index (χ3v) is 7.94. The zero-order valence-electron chi connectivity index (χ0n) is 19.7. The Kier molecular flexibility index (Phi) is 7.73. The van der Waals surface area contributed by atoms with Gasteiger partial charge in [-0.15, -0.1) is 11.3 Å². The maximum absolute atomic E-state index is 13.8. The van der Waals surface area contributed by atoms with E-state index < -0.39 is 0 Å². The molecule has 1 aliphatic carbocycles. The van der Waals surface area contributed by atoms with Crippen LogP contribution < -0.4 is 10.9 Å². The quantitative estimate of drug-likeness (QED) is 0.206. The second-order valence-electron chi connectivity index (χ2n) is 8.41. The van der Waals surface area contributed by atoms with Gasteiger partial charge in [0.05, 0.1) is 23.4 Å². The molecular formula is C25H29N3O4S2. The molecule has 0 bridgehead atoms. The SMILES string of the molecule is CCOC(=O)CCCNC(=O)CSc1nc2sc3c(c2c(=O)n1-c1ccc(C)cc1C)CCC3. The molecule has 1 amide bonds. The van der Waals surface area contributed by atoms with Crippen LogP contribution in [0.15, 0.2) is 28.2 Å². The van der Waals surface area contributed by atoms with E-state index in [1.807, 2.05) is 26.0 Å². The van der Waals surface area contributed by atoms with Gasteiger partial charge in [0.2, 0.25) is 5.91 Å². The van der Waals surface area contributed by atoms with Crippen molar-refractivity contribution < 1.29 is 14.3 Å². The van der Waals surface area contributed by atoms with E-state index in [1.54, 1.807) is 22.8 Å². The molecule has 34 heavy (non-hydrogen) atoms. The summed E-state index contributed by atoms with van der Waals surface area (Å²) in [5, 5.41) is 4.08. The molecule has 2 heterocycles. The monoisotopic (exact) mass is 499 g/mol. The predicted molar refractivity (Wildman–Crippen MR) is 136 cm³/mol. The lowest BCUT2D eigenvalue weighted by Gasteiger charge is -2.15.